The molecule has 2 aromatic rings. The van der Waals surface area contributed by atoms with Gasteiger partial charge < -0.3 is 4.98 Å². The minimum atomic E-state index is -0.0580. The van der Waals surface area contributed by atoms with Gasteiger partial charge in [0.15, 0.2) is 0 Å². The number of aromatic amines is 1. The zero-order valence-corrected chi connectivity index (χ0v) is 8.59. The van der Waals surface area contributed by atoms with Crippen molar-refractivity contribution in [1.82, 2.24) is 14.6 Å². The van der Waals surface area contributed by atoms with E-state index in [0.29, 0.717) is 0 Å². The van der Waals surface area contributed by atoms with E-state index in [0.717, 1.165) is 29.0 Å². The lowest BCUT2D eigenvalue weighted by molar-refractivity contribution is 0.831. The summed E-state index contributed by atoms with van der Waals surface area (Å²) >= 11 is 0. The van der Waals surface area contributed by atoms with Gasteiger partial charge in [0.25, 0.3) is 5.56 Å². The minimum absolute atomic E-state index is 0.0580. The van der Waals surface area contributed by atoms with Gasteiger partial charge in [-0.2, -0.15) is 5.10 Å². The molecule has 0 amide bonds. The highest BCUT2D eigenvalue weighted by molar-refractivity contribution is 5.49. The van der Waals surface area contributed by atoms with Crippen molar-refractivity contribution in [3.8, 4) is 0 Å². The summed E-state index contributed by atoms with van der Waals surface area (Å²) in [6.45, 7) is 5.92. The predicted octanol–water partition coefficient (Wildman–Crippen LogP) is 1.20. The van der Waals surface area contributed by atoms with Gasteiger partial charge in [-0.1, -0.05) is 6.92 Å². The first-order valence-corrected chi connectivity index (χ1v) is 4.71. The first-order valence-electron chi connectivity index (χ1n) is 4.71. The molecule has 0 atom stereocenters. The number of H-pyrrole nitrogens is 1. The van der Waals surface area contributed by atoms with Crippen LogP contribution in [0.4, 0.5) is 0 Å². The Morgan fingerprint density at radius 2 is 2.21 bits per heavy atom. The van der Waals surface area contributed by atoms with Crippen LogP contribution in [-0.4, -0.2) is 14.6 Å². The Bertz CT molecular complexity index is 536. The molecule has 4 nitrogen and oxygen atoms in total. The topological polar surface area (TPSA) is 50.2 Å². The van der Waals surface area contributed by atoms with Crippen LogP contribution in [0.1, 0.15) is 23.9 Å². The molecule has 2 rings (SSSR count). The molecular weight excluding hydrogens is 178 g/mol. The Kier molecular flexibility index (Phi) is 1.91. The summed E-state index contributed by atoms with van der Waals surface area (Å²) in [6, 6.07) is 1.60. The van der Waals surface area contributed by atoms with Gasteiger partial charge in [0.2, 0.25) is 0 Å². The Balaban J connectivity index is 2.94. The molecule has 0 spiro atoms. The number of nitrogens with one attached hydrogen (secondary N) is 1. The Morgan fingerprint density at radius 1 is 1.50 bits per heavy atom. The molecule has 0 bridgehead atoms. The van der Waals surface area contributed by atoms with Crippen LogP contribution in [-0.2, 0) is 6.42 Å². The number of aromatic nitrogens is 3. The molecule has 0 aromatic carbocycles. The van der Waals surface area contributed by atoms with Crippen LogP contribution < -0.4 is 5.56 Å². The summed E-state index contributed by atoms with van der Waals surface area (Å²) in [6.07, 6.45) is 0.807. The lowest BCUT2D eigenvalue weighted by Gasteiger charge is -2.00. The fourth-order valence-electron chi connectivity index (χ4n) is 1.58. The van der Waals surface area contributed by atoms with Crippen molar-refractivity contribution in [1.29, 1.82) is 0 Å². The molecule has 0 aliphatic rings. The van der Waals surface area contributed by atoms with E-state index < -0.39 is 0 Å². The van der Waals surface area contributed by atoms with E-state index >= 15 is 0 Å². The van der Waals surface area contributed by atoms with E-state index in [1.165, 1.54) is 0 Å². The van der Waals surface area contributed by atoms with E-state index in [1.54, 1.807) is 6.07 Å². The molecular formula is C10H13N3O. The SMILES string of the molecule is CCc1cc(=O)[nH]c2c(C)c(C)nn12. The highest BCUT2D eigenvalue weighted by Gasteiger charge is 2.08. The van der Waals surface area contributed by atoms with Crippen LogP contribution in [0.5, 0.6) is 0 Å². The summed E-state index contributed by atoms with van der Waals surface area (Å²) in [5.41, 5.74) is 3.70. The maximum absolute atomic E-state index is 11.3. The third-order valence-corrected chi connectivity index (χ3v) is 2.53. The highest BCUT2D eigenvalue weighted by Crippen LogP contribution is 2.11. The van der Waals surface area contributed by atoms with Crippen LogP contribution in [0.3, 0.4) is 0 Å². The van der Waals surface area contributed by atoms with Crippen molar-refractivity contribution in [2.45, 2.75) is 27.2 Å². The fraction of sp³-hybridized carbons (Fsp3) is 0.400. The van der Waals surface area contributed by atoms with Crippen LogP contribution >= 0.6 is 0 Å². The van der Waals surface area contributed by atoms with Crippen molar-refractivity contribution < 1.29 is 0 Å². The first kappa shape index (κ1) is 8.99. The summed E-state index contributed by atoms with van der Waals surface area (Å²) < 4.78 is 1.81. The zero-order chi connectivity index (χ0) is 10.3. The molecule has 4 heteroatoms. The van der Waals surface area contributed by atoms with Crippen molar-refractivity contribution in [2.24, 2.45) is 0 Å². The molecule has 0 radical (unpaired) electrons. The second kappa shape index (κ2) is 2.97. The lowest BCUT2D eigenvalue weighted by Crippen LogP contribution is -2.11. The van der Waals surface area contributed by atoms with Gasteiger partial charge in [0.05, 0.1) is 5.69 Å². The number of fused-ring (bicyclic) bond motifs is 1. The van der Waals surface area contributed by atoms with Crippen molar-refractivity contribution >= 4 is 5.65 Å². The molecule has 1 N–H and O–H groups in total. The average Bonchev–Trinajstić information content (AvgIpc) is 2.43. The maximum Gasteiger partial charge on any atom is 0.251 e. The maximum atomic E-state index is 11.3. The Hall–Kier alpha value is -1.58. The molecule has 14 heavy (non-hydrogen) atoms. The summed E-state index contributed by atoms with van der Waals surface area (Å²) in [5.74, 6) is 0. The van der Waals surface area contributed by atoms with Gasteiger partial charge in [-0.3, -0.25) is 4.79 Å². The number of hydrogen-bond donors (Lipinski definition) is 1. The van der Waals surface area contributed by atoms with E-state index in [2.05, 4.69) is 10.1 Å². The third kappa shape index (κ3) is 1.14. The molecule has 0 aliphatic heterocycles. The smallest absolute Gasteiger partial charge is 0.251 e. The van der Waals surface area contributed by atoms with E-state index in [1.807, 2.05) is 25.3 Å². The van der Waals surface area contributed by atoms with Crippen LogP contribution in [0.2, 0.25) is 0 Å². The van der Waals surface area contributed by atoms with Crippen LogP contribution in [0, 0.1) is 13.8 Å². The zero-order valence-electron chi connectivity index (χ0n) is 8.59. The molecule has 0 unspecified atom stereocenters. The highest BCUT2D eigenvalue weighted by atomic mass is 16.1. The van der Waals surface area contributed by atoms with Crippen LogP contribution in [0.25, 0.3) is 5.65 Å². The van der Waals surface area contributed by atoms with Crippen molar-refractivity contribution in [3.63, 3.8) is 0 Å². The summed E-state index contributed by atoms with van der Waals surface area (Å²) in [5, 5.41) is 4.37. The molecule has 2 aromatic heterocycles. The first-order chi connectivity index (χ1) is 6.63. The number of aryl methyl sites for hydroxylation is 3. The van der Waals surface area contributed by atoms with Gasteiger partial charge in [0.1, 0.15) is 5.65 Å². The fourth-order valence-corrected chi connectivity index (χ4v) is 1.58. The normalized spacial score (nSPS) is 11.1. The van der Waals surface area contributed by atoms with Gasteiger partial charge >= 0.3 is 0 Å². The third-order valence-electron chi connectivity index (χ3n) is 2.53. The molecule has 0 saturated heterocycles. The van der Waals surface area contributed by atoms with Gasteiger partial charge in [0, 0.05) is 17.3 Å². The number of hydrogen-bond acceptors (Lipinski definition) is 2. The monoisotopic (exact) mass is 191 g/mol. The summed E-state index contributed by atoms with van der Waals surface area (Å²) in [7, 11) is 0. The Labute approximate surface area is 81.6 Å². The van der Waals surface area contributed by atoms with Crippen molar-refractivity contribution in [2.75, 3.05) is 0 Å². The predicted molar refractivity (Wildman–Crippen MR) is 54.7 cm³/mol. The number of nitrogens with zero attached hydrogens (tertiary/aromatic N) is 2. The molecule has 2 heterocycles. The van der Waals surface area contributed by atoms with E-state index in [9.17, 15) is 4.79 Å². The Morgan fingerprint density at radius 3 is 2.86 bits per heavy atom. The van der Waals surface area contributed by atoms with E-state index in [-0.39, 0.29) is 5.56 Å². The second-order valence-electron chi connectivity index (χ2n) is 3.45. The van der Waals surface area contributed by atoms with Crippen LogP contribution in [0.15, 0.2) is 10.9 Å². The molecule has 74 valence electrons. The minimum Gasteiger partial charge on any atom is -0.307 e. The number of rotatable bonds is 1. The summed E-state index contributed by atoms with van der Waals surface area (Å²) in [4.78, 5) is 14.1. The molecule has 0 saturated carbocycles. The largest absolute Gasteiger partial charge is 0.307 e. The van der Waals surface area contributed by atoms with Gasteiger partial charge in [-0.05, 0) is 20.3 Å². The van der Waals surface area contributed by atoms with E-state index in [4.69, 9.17) is 0 Å². The van der Waals surface area contributed by atoms with Crippen molar-refractivity contribution in [3.05, 3.63) is 33.4 Å². The van der Waals surface area contributed by atoms with Gasteiger partial charge in [-0.25, -0.2) is 4.52 Å². The quantitative estimate of drug-likeness (QED) is 0.736. The average molecular weight is 191 g/mol. The standard InChI is InChI=1S/C10H13N3O/c1-4-8-5-9(14)11-10-6(2)7(3)12-13(8)10/h5H,4H2,1-3H3,(H,11,14). The lowest BCUT2D eigenvalue weighted by atomic mass is 10.3. The van der Waals surface area contributed by atoms with Gasteiger partial charge in [-0.15, -0.1) is 0 Å². The molecule has 0 fully saturated rings. The molecule has 0 aliphatic carbocycles. The second-order valence-corrected chi connectivity index (χ2v) is 3.45.